The van der Waals surface area contributed by atoms with E-state index in [1.54, 1.807) is 0 Å². The van der Waals surface area contributed by atoms with Crippen LogP contribution in [0.2, 0.25) is 5.04 Å². The molecule has 194 valence electrons. The summed E-state index contributed by atoms with van der Waals surface area (Å²) in [5.41, 5.74) is -0.980. The lowest BCUT2D eigenvalue weighted by molar-refractivity contribution is -0.122. The normalized spacial score (nSPS) is 20.6. The Morgan fingerprint density at radius 2 is 1.39 bits per heavy atom. The lowest BCUT2D eigenvalue weighted by Crippen LogP contribution is -2.67. The van der Waals surface area contributed by atoms with Crippen LogP contribution in [0.1, 0.15) is 73.6 Å². The Morgan fingerprint density at radius 1 is 0.889 bits per heavy atom. The lowest BCUT2D eigenvalue weighted by atomic mass is 9.79. The standard InChI is InChI=1S/C30H41NO4Si/c1-28(2,3)34-27(33)31-22-24(21-30(31)19-17-23(32)18-20-30)35-36(29(4,5)6,25-13-9-7-10-14-25)26-15-11-8-12-16-26/h7-16,24H,17-22H2,1-6H3/t24-/m1/s1. The fourth-order valence-corrected chi connectivity index (χ4v) is 10.7. The van der Waals surface area contributed by atoms with E-state index in [4.69, 9.17) is 9.16 Å². The van der Waals surface area contributed by atoms with Crippen LogP contribution in [0.5, 0.6) is 0 Å². The lowest BCUT2D eigenvalue weighted by Gasteiger charge is -2.44. The summed E-state index contributed by atoms with van der Waals surface area (Å²) in [6, 6.07) is 21.2. The molecule has 2 aromatic rings. The third kappa shape index (κ3) is 5.16. The second kappa shape index (κ2) is 9.79. The van der Waals surface area contributed by atoms with Crippen LogP contribution >= 0.6 is 0 Å². The predicted octanol–water partition coefficient (Wildman–Crippen LogP) is 5.45. The average Bonchev–Trinajstić information content (AvgIpc) is 3.16. The van der Waals surface area contributed by atoms with Crippen molar-refractivity contribution in [3.8, 4) is 0 Å². The largest absolute Gasteiger partial charge is 0.444 e. The molecule has 1 aliphatic carbocycles. The maximum absolute atomic E-state index is 13.4. The van der Waals surface area contributed by atoms with Gasteiger partial charge in [-0.2, -0.15) is 0 Å². The number of hydrogen-bond acceptors (Lipinski definition) is 4. The minimum absolute atomic E-state index is 0.142. The molecule has 0 bridgehead atoms. The number of carbonyl (C=O) groups excluding carboxylic acids is 2. The molecule has 1 aliphatic heterocycles. The number of ether oxygens (including phenoxy) is 1. The SMILES string of the molecule is CC(C)(C)OC(=O)N1C[C@H](O[Si](c2ccccc2)(c2ccccc2)C(C)(C)C)CC12CCC(=O)CC2. The molecule has 1 heterocycles. The van der Waals surface area contributed by atoms with Gasteiger partial charge in [-0.1, -0.05) is 81.4 Å². The zero-order valence-corrected chi connectivity index (χ0v) is 23.7. The van der Waals surface area contributed by atoms with Crippen LogP contribution in [-0.2, 0) is 14.0 Å². The number of Topliss-reactive ketones (excluding diaryl/α,β-unsaturated/α-hetero) is 1. The van der Waals surface area contributed by atoms with Gasteiger partial charge in [0.15, 0.2) is 0 Å². The molecule has 0 N–H and O–H groups in total. The second-order valence-corrected chi connectivity index (χ2v) is 16.7. The molecular formula is C30H41NO4Si. The molecule has 0 unspecified atom stereocenters. The first-order valence-electron chi connectivity index (χ1n) is 13.2. The molecule has 5 nitrogen and oxygen atoms in total. The summed E-state index contributed by atoms with van der Waals surface area (Å²) < 4.78 is 13.3. The molecule has 36 heavy (non-hydrogen) atoms. The molecule has 2 aromatic carbocycles. The predicted molar refractivity (Wildman–Crippen MR) is 146 cm³/mol. The van der Waals surface area contributed by atoms with Crippen molar-refractivity contribution in [2.24, 2.45) is 0 Å². The van der Waals surface area contributed by atoms with Crippen LogP contribution < -0.4 is 10.4 Å². The maximum Gasteiger partial charge on any atom is 0.410 e. The smallest absolute Gasteiger partial charge is 0.410 e. The van der Waals surface area contributed by atoms with E-state index in [-0.39, 0.29) is 23.0 Å². The quantitative estimate of drug-likeness (QED) is 0.516. The molecule has 1 spiro atoms. The molecule has 1 saturated heterocycles. The highest BCUT2D eigenvalue weighted by molar-refractivity contribution is 6.99. The highest BCUT2D eigenvalue weighted by Gasteiger charge is 2.56. The van der Waals surface area contributed by atoms with Crippen LogP contribution in [0.4, 0.5) is 4.79 Å². The van der Waals surface area contributed by atoms with Gasteiger partial charge in [-0.05, 0) is 55.4 Å². The molecule has 0 aromatic heterocycles. The molecule has 0 radical (unpaired) electrons. The first kappa shape index (κ1) is 26.6. The Morgan fingerprint density at radius 3 is 1.83 bits per heavy atom. The van der Waals surface area contributed by atoms with E-state index in [1.807, 2.05) is 37.8 Å². The Hall–Kier alpha value is -2.44. The summed E-state index contributed by atoms with van der Waals surface area (Å²) in [5.74, 6) is 0.279. The fraction of sp³-hybridized carbons (Fsp3) is 0.533. The molecule has 1 saturated carbocycles. The van der Waals surface area contributed by atoms with Gasteiger partial charge < -0.3 is 9.16 Å². The number of carbonyl (C=O) groups is 2. The van der Waals surface area contributed by atoms with E-state index in [0.29, 0.717) is 32.2 Å². The highest BCUT2D eigenvalue weighted by Crippen LogP contribution is 2.45. The number of benzene rings is 2. The molecule has 1 atom stereocenters. The van der Waals surface area contributed by atoms with Crippen molar-refractivity contribution < 1.29 is 18.8 Å². The van der Waals surface area contributed by atoms with Gasteiger partial charge in [-0.15, -0.1) is 0 Å². The van der Waals surface area contributed by atoms with Crippen LogP contribution in [0.3, 0.4) is 0 Å². The number of likely N-dealkylation sites (tertiary alicyclic amines) is 1. The average molecular weight is 508 g/mol. The first-order valence-corrected chi connectivity index (χ1v) is 15.1. The Bertz CT molecular complexity index is 1020. The summed E-state index contributed by atoms with van der Waals surface area (Å²) >= 11 is 0. The molecule has 1 amide bonds. The van der Waals surface area contributed by atoms with Crippen molar-refractivity contribution in [2.75, 3.05) is 6.54 Å². The summed E-state index contributed by atoms with van der Waals surface area (Å²) in [5, 5.41) is 2.31. The molecule has 2 fully saturated rings. The fourth-order valence-electron chi connectivity index (χ4n) is 6.07. The third-order valence-electron chi connectivity index (χ3n) is 7.68. The van der Waals surface area contributed by atoms with Gasteiger partial charge in [0.25, 0.3) is 8.32 Å². The van der Waals surface area contributed by atoms with E-state index in [1.165, 1.54) is 10.4 Å². The van der Waals surface area contributed by atoms with Crippen LogP contribution in [0.15, 0.2) is 60.7 Å². The maximum atomic E-state index is 13.4. The Labute approximate surface area is 217 Å². The minimum atomic E-state index is -2.76. The first-order chi connectivity index (χ1) is 16.9. The van der Waals surface area contributed by atoms with Gasteiger partial charge in [-0.25, -0.2) is 4.79 Å². The van der Waals surface area contributed by atoms with Crippen molar-refractivity contribution in [3.05, 3.63) is 60.7 Å². The van der Waals surface area contributed by atoms with Crippen molar-refractivity contribution >= 4 is 30.6 Å². The number of amides is 1. The van der Waals surface area contributed by atoms with Crippen molar-refractivity contribution in [2.45, 2.75) is 95.9 Å². The molecule has 4 rings (SSSR count). The Kier molecular flexibility index (Phi) is 7.24. The van der Waals surface area contributed by atoms with Crippen molar-refractivity contribution in [1.82, 2.24) is 4.90 Å². The van der Waals surface area contributed by atoms with Gasteiger partial charge in [0.2, 0.25) is 0 Å². The third-order valence-corrected chi connectivity index (χ3v) is 12.8. The zero-order valence-electron chi connectivity index (χ0n) is 22.7. The monoisotopic (exact) mass is 507 g/mol. The number of ketones is 1. The van der Waals surface area contributed by atoms with Gasteiger partial charge in [-0.3, -0.25) is 9.69 Å². The van der Waals surface area contributed by atoms with Crippen LogP contribution in [0.25, 0.3) is 0 Å². The van der Waals surface area contributed by atoms with E-state index < -0.39 is 19.5 Å². The van der Waals surface area contributed by atoms with Gasteiger partial charge in [0.05, 0.1) is 6.10 Å². The zero-order chi connectivity index (χ0) is 26.2. The number of hydrogen-bond donors (Lipinski definition) is 0. The van der Waals surface area contributed by atoms with Crippen molar-refractivity contribution in [1.29, 1.82) is 0 Å². The summed E-state index contributed by atoms with van der Waals surface area (Å²) in [6.45, 7) is 13.0. The minimum Gasteiger partial charge on any atom is -0.444 e. The van der Waals surface area contributed by atoms with E-state index in [2.05, 4.69) is 69.3 Å². The summed E-state index contributed by atoms with van der Waals surface area (Å²) in [6.07, 6.45) is 2.64. The molecule has 2 aliphatic rings. The van der Waals surface area contributed by atoms with Gasteiger partial charge in [0, 0.05) is 24.9 Å². The summed E-state index contributed by atoms with van der Waals surface area (Å²) in [7, 11) is -2.76. The number of rotatable bonds is 4. The summed E-state index contributed by atoms with van der Waals surface area (Å²) in [4.78, 5) is 27.5. The van der Waals surface area contributed by atoms with Crippen molar-refractivity contribution in [3.63, 3.8) is 0 Å². The molecule has 6 heteroatoms. The van der Waals surface area contributed by atoms with Crippen LogP contribution in [0, 0.1) is 0 Å². The van der Waals surface area contributed by atoms with E-state index >= 15 is 0 Å². The van der Waals surface area contributed by atoms with Gasteiger partial charge in [0.1, 0.15) is 11.4 Å². The molecular weight excluding hydrogens is 466 g/mol. The van der Waals surface area contributed by atoms with Gasteiger partial charge >= 0.3 is 6.09 Å². The van der Waals surface area contributed by atoms with E-state index in [0.717, 1.165) is 6.42 Å². The van der Waals surface area contributed by atoms with E-state index in [9.17, 15) is 9.59 Å². The second-order valence-electron chi connectivity index (χ2n) is 12.5. The number of nitrogens with zero attached hydrogens (tertiary/aromatic N) is 1. The topological polar surface area (TPSA) is 55.8 Å². The van der Waals surface area contributed by atoms with Crippen LogP contribution in [-0.4, -0.2) is 48.9 Å². The highest BCUT2D eigenvalue weighted by atomic mass is 28.4. The Balaban J connectivity index is 1.76.